The van der Waals surface area contributed by atoms with Crippen molar-refractivity contribution in [2.45, 2.75) is 26.6 Å². The van der Waals surface area contributed by atoms with E-state index in [9.17, 15) is 4.79 Å². The Morgan fingerprint density at radius 1 is 1.32 bits per heavy atom. The number of carbonyl (C=O) groups excluding carboxylic acids is 1. The zero-order valence-electron chi connectivity index (χ0n) is 13.0. The van der Waals surface area contributed by atoms with Gasteiger partial charge in [0.25, 0.3) is 5.91 Å². The lowest BCUT2D eigenvalue weighted by molar-refractivity contribution is 0.0616. The molecular weight excluding hydrogens is 298 g/mol. The molecule has 0 saturated carbocycles. The predicted octanol–water partition coefficient (Wildman–Crippen LogP) is 3.55. The van der Waals surface area contributed by atoms with Crippen molar-refractivity contribution in [1.82, 2.24) is 4.90 Å². The normalized spacial score (nSPS) is 15.7. The lowest BCUT2D eigenvalue weighted by Crippen LogP contribution is -2.38. The van der Waals surface area contributed by atoms with Gasteiger partial charge in [-0.05, 0) is 19.9 Å². The third-order valence-electron chi connectivity index (χ3n) is 3.75. The van der Waals surface area contributed by atoms with Crippen LogP contribution < -0.4 is 0 Å². The maximum atomic E-state index is 12.8. The van der Waals surface area contributed by atoms with Crippen molar-refractivity contribution in [3.8, 4) is 0 Å². The number of fused-ring (bicyclic) bond motifs is 1. The molecule has 0 spiro atoms. The van der Waals surface area contributed by atoms with Crippen LogP contribution in [0, 0.1) is 0 Å². The highest BCUT2D eigenvalue weighted by molar-refractivity contribution is 7.99. The molecular formula is C17H21NO3S. The summed E-state index contributed by atoms with van der Waals surface area (Å²) in [7, 11) is 0. The number of ether oxygens (including phenoxy) is 1. The molecule has 1 amide bonds. The molecule has 0 radical (unpaired) electrons. The number of benzene rings is 1. The van der Waals surface area contributed by atoms with E-state index in [1.165, 1.54) is 0 Å². The number of furan rings is 1. The minimum atomic E-state index is -0.0149. The topological polar surface area (TPSA) is 42.7 Å². The number of amides is 1. The molecule has 1 aliphatic heterocycles. The second-order valence-corrected chi connectivity index (χ2v) is 6.89. The zero-order valence-corrected chi connectivity index (χ0v) is 13.8. The molecule has 4 nitrogen and oxygen atoms in total. The first-order valence-electron chi connectivity index (χ1n) is 7.66. The fraction of sp³-hybridized carbons (Fsp3) is 0.471. The molecule has 0 N–H and O–H groups in total. The average Bonchev–Trinajstić information content (AvgIpc) is 2.91. The molecule has 118 valence electrons. The summed E-state index contributed by atoms with van der Waals surface area (Å²) in [4.78, 5) is 14.7. The Bertz CT molecular complexity index is 659. The smallest absolute Gasteiger partial charge is 0.290 e. The minimum Gasteiger partial charge on any atom is -0.451 e. The van der Waals surface area contributed by atoms with Gasteiger partial charge in [0.1, 0.15) is 5.58 Å². The van der Waals surface area contributed by atoms with Gasteiger partial charge in [0.05, 0.1) is 12.7 Å². The maximum absolute atomic E-state index is 12.8. The second-order valence-electron chi connectivity index (χ2n) is 5.67. The summed E-state index contributed by atoms with van der Waals surface area (Å²) in [5.41, 5.74) is 1.62. The summed E-state index contributed by atoms with van der Waals surface area (Å²) >= 11 is 1.89. The van der Waals surface area contributed by atoms with Crippen molar-refractivity contribution in [2.75, 3.05) is 24.6 Å². The number of hydrogen-bond acceptors (Lipinski definition) is 4. The minimum absolute atomic E-state index is 0.0149. The third kappa shape index (κ3) is 3.15. The Morgan fingerprint density at radius 2 is 2.05 bits per heavy atom. The Morgan fingerprint density at radius 3 is 2.77 bits per heavy atom. The highest BCUT2D eigenvalue weighted by Crippen LogP contribution is 2.28. The van der Waals surface area contributed by atoms with Gasteiger partial charge < -0.3 is 14.1 Å². The molecule has 0 bridgehead atoms. The molecule has 2 aromatic rings. The highest BCUT2D eigenvalue weighted by Gasteiger charge is 2.26. The van der Waals surface area contributed by atoms with Crippen molar-refractivity contribution < 1.29 is 13.9 Å². The average molecular weight is 319 g/mol. The largest absolute Gasteiger partial charge is 0.451 e. The fourth-order valence-corrected chi connectivity index (χ4v) is 3.48. The van der Waals surface area contributed by atoms with Crippen molar-refractivity contribution in [3.05, 3.63) is 35.6 Å². The molecule has 1 aliphatic rings. The van der Waals surface area contributed by atoms with E-state index in [1.807, 2.05) is 54.8 Å². The standard InChI is InChI=1S/C17H21NO3S/c1-12(2)20-11-14-13-5-3-4-6-15(13)21-16(14)17(19)18-7-9-22-10-8-18/h3-6,12H,7-11H2,1-2H3. The number of carbonyl (C=O) groups is 1. The summed E-state index contributed by atoms with van der Waals surface area (Å²) in [5, 5.41) is 0.970. The SMILES string of the molecule is CC(C)OCc1c(C(=O)N2CCSCC2)oc2ccccc12. The number of hydrogen-bond donors (Lipinski definition) is 0. The van der Waals surface area contributed by atoms with Crippen LogP contribution >= 0.6 is 11.8 Å². The number of para-hydroxylation sites is 1. The van der Waals surface area contributed by atoms with Crippen LogP contribution in [0.2, 0.25) is 0 Å². The summed E-state index contributed by atoms with van der Waals surface area (Å²) in [5.74, 6) is 2.40. The molecule has 22 heavy (non-hydrogen) atoms. The van der Waals surface area contributed by atoms with Crippen molar-refractivity contribution >= 4 is 28.6 Å². The monoisotopic (exact) mass is 319 g/mol. The Hall–Kier alpha value is -1.46. The summed E-state index contributed by atoms with van der Waals surface area (Å²) in [6.07, 6.45) is 0.114. The molecule has 0 atom stereocenters. The van der Waals surface area contributed by atoms with E-state index in [4.69, 9.17) is 9.15 Å². The van der Waals surface area contributed by atoms with Gasteiger partial charge in [0.15, 0.2) is 5.76 Å². The molecule has 1 aromatic carbocycles. The Labute approximate surface area is 134 Å². The van der Waals surface area contributed by atoms with Gasteiger partial charge in [0.2, 0.25) is 0 Å². The van der Waals surface area contributed by atoms with Gasteiger partial charge in [-0.3, -0.25) is 4.79 Å². The quantitative estimate of drug-likeness (QED) is 0.864. The summed E-state index contributed by atoms with van der Waals surface area (Å²) in [6, 6.07) is 7.77. The first kappa shape index (κ1) is 15.4. The van der Waals surface area contributed by atoms with Crippen molar-refractivity contribution in [1.29, 1.82) is 0 Å². The maximum Gasteiger partial charge on any atom is 0.290 e. The molecule has 1 saturated heterocycles. The van der Waals surface area contributed by atoms with Gasteiger partial charge in [-0.2, -0.15) is 11.8 Å². The Balaban J connectivity index is 1.95. The number of rotatable bonds is 4. The van der Waals surface area contributed by atoms with E-state index in [-0.39, 0.29) is 12.0 Å². The molecule has 0 unspecified atom stereocenters. The first-order valence-corrected chi connectivity index (χ1v) is 8.81. The van der Waals surface area contributed by atoms with Crippen LogP contribution in [0.15, 0.2) is 28.7 Å². The van der Waals surface area contributed by atoms with Gasteiger partial charge in [0, 0.05) is 35.5 Å². The molecule has 0 aliphatic carbocycles. The van der Waals surface area contributed by atoms with E-state index in [2.05, 4.69) is 0 Å². The van der Waals surface area contributed by atoms with Gasteiger partial charge in [-0.15, -0.1) is 0 Å². The summed E-state index contributed by atoms with van der Waals surface area (Å²) in [6.45, 7) is 5.95. The van der Waals surface area contributed by atoms with Crippen LogP contribution in [0.25, 0.3) is 11.0 Å². The van der Waals surface area contributed by atoms with Crippen molar-refractivity contribution in [2.24, 2.45) is 0 Å². The molecule has 2 heterocycles. The van der Waals surface area contributed by atoms with E-state index in [0.29, 0.717) is 12.4 Å². The highest BCUT2D eigenvalue weighted by atomic mass is 32.2. The second kappa shape index (κ2) is 6.75. The Kier molecular flexibility index (Phi) is 4.74. The zero-order chi connectivity index (χ0) is 15.5. The predicted molar refractivity (Wildman–Crippen MR) is 89.4 cm³/mol. The van der Waals surface area contributed by atoms with E-state index in [0.717, 1.165) is 41.1 Å². The molecule has 3 rings (SSSR count). The van der Waals surface area contributed by atoms with Gasteiger partial charge in [-0.25, -0.2) is 0 Å². The number of thioether (sulfide) groups is 1. The first-order chi connectivity index (χ1) is 10.7. The van der Waals surface area contributed by atoms with Gasteiger partial charge >= 0.3 is 0 Å². The van der Waals surface area contributed by atoms with Crippen LogP contribution in [0.5, 0.6) is 0 Å². The van der Waals surface area contributed by atoms with Crippen LogP contribution in [0.1, 0.15) is 30.0 Å². The lowest BCUT2D eigenvalue weighted by Gasteiger charge is -2.25. The van der Waals surface area contributed by atoms with E-state index >= 15 is 0 Å². The van der Waals surface area contributed by atoms with Crippen LogP contribution in [-0.2, 0) is 11.3 Å². The van der Waals surface area contributed by atoms with Crippen molar-refractivity contribution in [3.63, 3.8) is 0 Å². The number of nitrogens with zero attached hydrogens (tertiary/aromatic N) is 1. The van der Waals surface area contributed by atoms with E-state index in [1.54, 1.807) is 0 Å². The molecule has 1 aromatic heterocycles. The van der Waals surface area contributed by atoms with Crippen LogP contribution in [-0.4, -0.2) is 41.5 Å². The van der Waals surface area contributed by atoms with Crippen LogP contribution in [0.4, 0.5) is 0 Å². The summed E-state index contributed by atoms with van der Waals surface area (Å²) < 4.78 is 11.6. The molecule has 5 heteroatoms. The third-order valence-corrected chi connectivity index (χ3v) is 4.69. The van der Waals surface area contributed by atoms with Crippen LogP contribution in [0.3, 0.4) is 0 Å². The van der Waals surface area contributed by atoms with Gasteiger partial charge in [-0.1, -0.05) is 18.2 Å². The lowest BCUT2D eigenvalue weighted by atomic mass is 10.1. The van der Waals surface area contributed by atoms with E-state index < -0.39 is 0 Å². The fourth-order valence-electron chi connectivity index (χ4n) is 2.57. The molecule has 1 fully saturated rings.